The minimum atomic E-state index is -0.969. The fourth-order valence-electron chi connectivity index (χ4n) is 2.32. The Balaban J connectivity index is 0.00000338. The molecule has 5 nitrogen and oxygen atoms in total. The van der Waals surface area contributed by atoms with Crippen molar-refractivity contribution in [2.24, 2.45) is 4.99 Å². The number of rotatable bonds is 7. The third-order valence-electron chi connectivity index (χ3n) is 3.80. The SMILES string of the molecule is CCNC(=NCc1csc(C(C)C)n1)NCC(C)(O)c1ccccc1.I. The molecule has 0 saturated heterocycles. The molecular weight excluding hydrogens is 459 g/mol. The van der Waals surface area contributed by atoms with Gasteiger partial charge < -0.3 is 15.7 Å². The summed E-state index contributed by atoms with van der Waals surface area (Å²) in [6.07, 6.45) is 0. The maximum Gasteiger partial charge on any atom is 0.191 e. The molecule has 1 unspecified atom stereocenters. The van der Waals surface area contributed by atoms with Crippen molar-refractivity contribution in [3.63, 3.8) is 0 Å². The minimum absolute atomic E-state index is 0. The Morgan fingerprint density at radius 2 is 1.96 bits per heavy atom. The molecule has 1 aromatic carbocycles. The molecule has 0 fully saturated rings. The number of thiazole rings is 1. The van der Waals surface area contributed by atoms with Crippen LogP contribution in [0, 0.1) is 0 Å². The normalized spacial score (nSPS) is 13.8. The first-order valence-electron chi connectivity index (χ1n) is 8.66. The van der Waals surface area contributed by atoms with E-state index < -0.39 is 5.60 Å². The van der Waals surface area contributed by atoms with E-state index in [1.807, 2.05) is 37.3 Å². The number of guanidine groups is 1. The second-order valence-electron chi connectivity index (χ2n) is 6.52. The first-order chi connectivity index (χ1) is 11.9. The van der Waals surface area contributed by atoms with Gasteiger partial charge in [0.1, 0.15) is 5.60 Å². The summed E-state index contributed by atoms with van der Waals surface area (Å²) < 4.78 is 0. The zero-order valence-electron chi connectivity index (χ0n) is 15.8. The number of nitrogens with one attached hydrogen (secondary N) is 2. The van der Waals surface area contributed by atoms with Gasteiger partial charge in [-0.05, 0) is 19.4 Å². The standard InChI is InChI=1S/C19H28N4OS.HI/c1-5-20-18(21-11-16-12-25-17(23-16)14(2)3)22-13-19(4,24)15-9-7-6-8-10-15;/h6-10,12,14,24H,5,11,13H2,1-4H3,(H2,20,21,22);1H. The van der Waals surface area contributed by atoms with Gasteiger partial charge in [0.05, 0.1) is 23.8 Å². The van der Waals surface area contributed by atoms with E-state index in [1.54, 1.807) is 18.3 Å². The summed E-state index contributed by atoms with van der Waals surface area (Å²) in [5.74, 6) is 1.12. The van der Waals surface area contributed by atoms with E-state index in [0.717, 1.165) is 22.8 Å². The largest absolute Gasteiger partial charge is 0.384 e. The first kappa shape index (κ1) is 22.9. The van der Waals surface area contributed by atoms with Crippen molar-refractivity contribution in [3.8, 4) is 0 Å². The number of aromatic nitrogens is 1. The molecular formula is C19H29IN4OS. The van der Waals surface area contributed by atoms with Crippen LogP contribution < -0.4 is 10.6 Å². The quantitative estimate of drug-likeness (QED) is 0.315. The molecule has 0 bridgehead atoms. The summed E-state index contributed by atoms with van der Waals surface area (Å²) in [5, 5.41) is 20.3. The average Bonchev–Trinajstić information content (AvgIpc) is 3.07. The molecule has 0 aliphatic heterocycles. The lowest BCUT2D eigenvalue weighted by Crippen LogP contribution is -2.44. The number of halogens is 1. The van der Waals surface area contributed by atoms with Crippen molar-refractivity contribution < 1.29 is 5.11 Å². The molecule has 2 rings (SSSR count). The van der Waals surface area contributed by atoms with Gasteiger partial charge in [0.2, 0.25) is 0 Å². The topological polar surface area (TPSA) is 69.5 Å². The molecule has 0 saturated carbocycles. The van der Waals surface area contributed by atoms with Crippen LogP contribution >= 0.6 is 35.3 Å². The first-order valence-corrected chi connectivity index (χ1v) is 9.54. The molecule has 144 valence electrons. The van der Waals surface area contributed by atoms with E-state index in [9.17, 15) is 5.11 Å². The van der Waals surface area contributed by atoms with Gasteiger partial charge in [0.15, 0.2) is 5.96 Å². The van der Waals surface area contributed by atoms with Crippen LogP contribution in [0.4, 0.5) is 0 Å². The van der Waals surface area contributed by atoms with Crippen LogP contribution in [0.25, 0.3) is 0 Å². The maximum atomic E-state index is 10.7. The van der Waals surface area contributed by atoms with Crippen molar-refractivity contribution in [1.82, 2.24) is 15.6 Å². The van der Waals surface area contributed by atoms with E-state index in [4.69, 9.17) is 0 Å². The fraction of sp³-hybridized carbons (Fsp3) is 0.474. The van der Waals surface area contributed by atoms with Gasteiger partial charge in [-0.3, -0.25) is 0 Å². The number of hydrogen-bond donors (Lipinski definition) is 3. The Kier molecular flexibility index (Phi) is 9.52. The smallest absolute Gasteiger partial charge is 0.191 e. The monoisotopic (exact) mass is 488 g/mol. The molecule has 1 atom stereocenters. The Bertz CT molecular complexity index is 686. The highest BCUT2D eigenvalue weighted by Gasteiger charge is 2.22. The molecule has 3 N–H and O–H groups in total. The van der Waals surface area contributed by atoms with Gasteiger partial charge in [-0.2, -0.15) is 0 Å². The van der Waals surface area contributed by atoms with Gasteiger partial charge in [0, 0.05) is 17.8 Å². The van der Waals surface area contributed by atoms with Crippen LogP contribution in [0.5, 0.6) is 0 Å². The lowest BCUT2D eigenvalue weighted by molar-refractivity contribution is 0.0617. The van der Waals surface area contributed by atoms with E-state index in [2.05, 4.69) is 39.8 Å². The number of benzene rings is 1. The van der Waals surface area contributed by atoms with Gasteiger partial charge in [-0.25, -0.2) is 9.98 Å². The molecule has 7 heteroatoms. The van der Waals surface area contributed by atoms with Gasteiger partial charge in [-0.15, -0.1) is 35.3 Å². The van der Waals surface area contributed by atoms with E-state index >= 15 is 0 Å². The predicted molar refractivity (Wildman–Crippen MR) is 120 cm³/mol. The lowest BCUT2D eigenvalue weighted by Gasteiger charge is -2.25. The second kappa shape index (κ2) is 10.8. The highest BCUT2D eigenvalue weighted by atomic mass is 127. The van der Waals surface area contributed by atoms with Gasteiger partial charge in [-0.1, -0.05) is 44.2 Å². The molecule has 0 radical (unpaired) electrons. The molecule has 0 aliphatic rings. The Hall–Kier alpha value is -1.19. The van der Waals surface area contributed by atoms with Crippen LogP contribution in [0.1, 0.15) is 49.9 Å². The Labute approximate surface area is 177 Å². The van der Waals surface area contributed by atoms with Crippen LogP contribution in [0.15, 0.2) is 40.7 Å². The molecule has 26 heavy (non-hydrogen) atoms. The molecule has 1 heterocycles. The average molecular weight is 488 g/mol. The summed E-state index contributed by atoms with van der Waals surface area (Å²) in [5.41, 5.74) is 0.878. The van der Waals surface area contributed by atoms with E-state index in [0.29, 0.717) is 25.0 Å². The number of nitrogens with zero attached hydrogens (tertiary/aromatic N) is 2. The zero-order chi connectivity index (χ0) is 18.3. The maximum absolute atomic E-state index is 10.7. The number of hydrogen-bond acceptors (Lipinski definition) is 4. The van der Waals surface area contributed by atoms with Crippen LogP contribution in [0.3, 0.4) is 0 Å². The molecule has 0 aliphatic carbocycles. The highest BCUT2D eigenvalue weighted by molar-refractivity contribution is 14.0. The van der Waals surface area contributed by atoms with E-state index in [1.165, 1.54) is 0 Å². The van der Waals surface area contributed by atoms with E-state index in [-0.39, 0.29) is 24.0 Å². The predicted octanol–water partition coefficient (Wildman–Crippen LogP) is 3.85. The molecule has 0 amide bonds. The minimum Gasteiger partial charge on any atom is -0.384 e. The summed E-state index contributed by atoms with van der Waals surface area (Å²) in [4.78, 5) is 9.19. The van der Waals surface area contributed by atoms with Crippen molar-refractivity contribution in [2.75, 3.05) is 13.1 Å². The van der Waals surface area contributed by atoms with Gasteiger partial charge in [0.25, 0.3) is 0 Å². The van der Waals surface area contributed by atoms with Crippen molar-refractivity contribution in [3.05, 3.63) is 52.0 Å². The summed E-state index contributed by atoms with van der Waals surface area (Å²) in [6, 6.07) is 9.65. The van der Waals surface area contributed by atoms with Crippen molar-refractivity contribution in [2.45, 2.75) is 45.8 Å². The summed E-state index contributed by atoms with van der Waals surface area (Å²) in [7, 11) is 0. The van der Waals surface area contributed by atoms with Crippen molar-refractivity contribution in [1.29, 1.82) is 0 Å². The number of aliphatic hydroxyl groups is 1. The summed E-state index contributed by atoms with van der Waals surface area (Å²) in [6.45, 7) is 9.75. The number of aliphatic imine (C=N–C) groups is 1. The van der Waals surface area contributed by atoms with Crippen LogP contribution in [0.2, 0.25) is 0 Å². The third-order valence-corrected chi connectivity index (χ3v) is 5.00. The lowest BCUT2D eigenvalue weighted by atomic mass is 9.96. The highest BCUT2D eigenvalue weighted by Crippen LogP contribution is 2.20. The molecule has 1 aromatic heterocycles. The Morgan fingerprint density at radius 1 is 1.27 bits per heavy atom. The van der Waals surface area contributed by atoms with Crippen LogP contribution in [-0.4, -0.2) is 29.1 Å². The molecule has 0 spiro atoms. The summed E-state index contributed by atoms with van der Waals surface area (Å²) >= 11 is 1.68. The van der Waals surface area contributed by atoms with Crippen LogP contribution in [-0.2, 0) is 12.1 Å². The third kappa shape index (κ3) is 6.85. The second-order valence-corrected chi connectivity index (χ2v) is 7.41. The molecule has 2 aromatic rings. The van der Waals surface area contributed by atoms with Crippen molar-refractivity contribution >= 4 is 41.3 Å². The van der Waals surface area contributed by atoms with Gasteiger partial charge >= 0.3 is 0 Å². The zero-order valence-corrected chi connectivity index (χ0v) is 19.0. The fourth-order valence-corrected chi connectivity index (χ4v) is 3.14. The Morgan fingerprint density at radius 3 is 2.54 bits per heavy atom.